The summed E-state index contributed by atoms with van der Waals surface area (Å²) in [5, 5.41) is 10.2. The van der Waals surface area contributed by atoms with Crippen LogP contribution in [0.5, 0.6) is 5.75 Å². The topological polar surface area (TPSA) is 99.1 Å². The molecule has 2 rings (SSSR count). The number of hydrogen-bond acceptors (Lipinski definition) is 7. The molecular formula is C19H25BO7. The van der Waals surface area contributed by atoms with Gasteiger partial charge in [0.1, 0.15) is 17.1 Å². The van der Waals surface area contributed by atoms with Gasteiger partial charge in [-0.1, -0.05) is 19.1 Å². The van der Waals surface area contributed by atoms with E-state index in [9.17, 15) is 19.4 Å². The summed E-state index contributed by atoms with van der Waals surface area (Å²) in [5.74, 6) is -1.28. The quantitative estimate of drug-likeness (QED) is 0.463. The van der Waals surface area contributed by atoms with Gasteiger partial charge < -0.3 is 19.2 Å². The number of rotatable bonds is 6. The van der Waals surface area contributed by atoms with Crippen molar-refractivity contribution in [3.05, 3.63) is 29.3 Å². The molecule has 0 aromatic heterocycles. The van der Waals surface area contributed by atoms with Gasteiger partial charge in [-0.3, -0.25) is 9.59 Å². The largest absolute Gasteiger partial charge is 0.535 e. The minimum Gasteiger partial charge on any atom is -0.535 e. The fourth-order valence-electron chi connectivity index (χ4n) is 2.69. The van der Waals surface area contributed by atoms with Gasteiger partial charge in [-0.2, -0.15) is 0 Å². The molecule has 0 aliphatic carbocycles. The predicted octanol–water partition coefficient (Wildman–Crippen LogP) is 2.55. The molecule has 146 valence electrons. The molecule has 0 saturated heterocycles. The van der Waals surface area contributed by atoms with Crippen LogP contribution in [0.25, 0.3) is 0 Å². The summed E-state index contributed by atoms with van der Waals surface area (Å²) in [4.78, 5) is 35.7. The maximum atomic E-state index is 12.3. The third kappa shape index (κ3) is 5.32. The number of benzene rings is 1. The molecule has 0 fully saturated rings. The molecule has 7 nitrogen and oxygen atoms in total. The third-order valence-corrected chi connectivity index (χ3v) is 4.32. The van der Waals surface area contributed by atoms with Crippen molar-refractivity contribution in [2.45, 2.75) is 52.8 Å². The number of hydrogen-bond donors (Lipinski definition) is 1. The summed E-state index contributed by atoms with van der Waals surface area (Å²) < 4.78 is 15.5. The lowest BCUT2D eigenvalue weighted by atomic mass is 9.64. The summed E-state index contributed by atoms with van der Waals surface area (Å²) in [5.41, 5.74) is 0.158. The molecule has 0 radical (unpaired) electrons. The number of carbonyl (C=O) groups is 3. The molecule has 1 N–H and O–H groups in total. The van der Waals surface area contributed by atoms with Gasteiger partial charge in [0.25, 0.3) is 0 Å². The fraction of sp³-hybridized carbons (Fsp3) is 0.526. The van der Waals surface area contributed by atoms with E-state index in [-0.39, 0.29) is 29.3 Å². The van der Waals surface area contributed by atoms with Crippen molar-refractivity contribution in [2.75, 3.05) is 6.79 Å². The van der Waals surface area contributed by atoms with Crippen LogP contribution in [-0.4, -0.2) is 36.7 Å². The van der Waals surface area contributed by atoms with Gasteiger partial charge in [0, 0.05) is 18.7 Å². The van der Waals surface area contributed by atoms with E-state index in [1.54, 1.807) is 39.8 Å². The van der Waals surface area contributed by atoms with Crippen molar-refractivity contribution in [2.24, 2.45) is 5.41 Å². The van der Waals surface area contributed by atoms with Crippen molar-refractivity contribution in [3.63, 3.8) is 0 Å². The zero-order valence-corrected chi connectivity index (χ0v) is 16.1. The number of ether oxygens (including phenoxy) is 2. The first-order valence-corrected chi connectivity index (χ1v) is 8.96. The zero-order valence-electron chi connectivity index (χ0n) is 16.1. The molecule has 0 saturated carbocycles. The third-order valence-electron chi connectivity index (χ3n) is 4.32. The second kappa shape index (κ2) is 8.56. The van der Waals surface area contributed by atoms with Crippen LogP contribution in [0.1, 0.15) is 56.5 Å². The van der Waals surface area contributed by atoms with E-state index in [2.05, 4.69) is 0 Å². The molecule has 1 heterocycles. The van der Waals surface area contributed by atoms with E-state index in [1.165, 1.54) is 6.07 Å². The zero-order chi connectivity index (χ0) is 20.2. The molecule has 0 amide bonds. The minimum atomic E-state index is -1.18. The van der Waals surface area contributed by atoms with Crippen LogP contribution in [0.3, 0.4) is 0 Å². The number of ketones is 1. The smallest absolute Gasteiger partial charge is 0.526 e. The Morgan fingerprint density at radius 2 is 1.96 bits per heavy atom. The van der Waals surface area contributed by atoms with Crippen molar-refractivity contribution in [1.82, 2.24) is 0 Å². The lowest BCUT2D eigenvalue weighted by Gasteiger charge is -2.28. The highest BCUT2D eigenvalue weighted by molar-refractivity contribution is 6.47. The Bertz CT molecular complexity index is 723. The highest BCUT2D eigenvalue weighted by Gasteiger charge is 2.37. The SMILES string of the molecule is CCC(=O)C[C@H]1Cc2cccc(C(=O)OCOC(=O)C(C)(C)C)c2OB1O. The average Bonchev–Trinajstić information content (AvgIpc) is 2.60. The fourth-order valence-corrected chi connectivity index (χ4v) is 2.69. The van der Waals surface area contributed by atoms with Gasteiger partial charge in [0.05, 0.1) is 5.41 Å². The molecule has 27 heavy (non-hydrogen) atoms. The Labute approximate surface area is 159 Å². The van der Waals surface area contributed by atoms with Crippen LogP contribution in [0.2, 0.25) is 5.82 Å². The number of fused-ring (bicyclic) bond motifs is 1. The first-order valence-electron chi connectivity index (χ1n) is 8.96. The Hall–Kier alpha value is -2.35. The van der Waals surface area contributed by atoms with E-state index in [0.29, 0.717) is 12.8 Å². The molecule has 0 unspecified atom stereocenters. The predicted molar refractivity (Wildman–Crippen MR) is 98.2 cm³/mol. The number of para-hydroxylation sites is 1. The molecular weight excluding hydrogens is 351 g/mol. The molecule has 1 aliphatic rings. The molecule has 1 aromatic carbocycles. The van der Waals surface area contributed by atoms with Crippen LogP contribution in [0.4, 0.5) is 0 Å². The second-order valence-corrected chi connectivity index (χ2v) is 7.59. The van der Waals surface area contributed by atoms with Crippen LogP contribution in [-0.2, 0) is 25.5 Å². The Morgan fingerprint density at radius 1 is 1.26 bits per heavy atom. The molecule has 0 bridgehead atoms. The van der Waals surface area contributed by atoms with Crippen molar-refractivity contribution >= 4 is 24.8 Å². The number of carbonyl (C=O) groups excluding carboxylic acids is 3. The first-order chi connectivity index (χ1) is 12.6. The minimum absolute atomic E-state index is 0.0438. The van der Waals surface area contributed by atoms with E-state index in [1.807, 2.05) is 0 Å². The molecule has 8 heteroatoms. The van der Waals surface area contributed by atoms with Crippen LogP contribution >= 0.6 is 0 Å². The van der Waals surface area contributed by atoms with E-state index in [0.717, 1.165) is 5.56 Å². The van der Waals surface area contributed by atoms with Gasteiger partial charge in [0.15, 0.2) is 0 Å². The number of Topliss-reactive ketones (excluding diaryl/α,β-unsaturated/α-hetero) is 1. The van der Waals surface area contributed by atoms with E-state index >= 15 is 0 Å². The second-order valence-electron chi connectivity index (χ2n) is 7.59. The normalized spacial score (nSPS) is 16.2. The van der Waals surface area contributed by atoms with Crippen LogP contribution in [0.15, 0.2) is 18.2 Å². The number of esters is 2. The van der Waals surface area contributed by atoms with Crippen molar-refractivity contribution in [1.29, 1.82) is 0 Å². The summed E-state index contributed by atoms with van der Waals surface area (Å²) in [6.45, 7) is 6.35. The Kier molecular flexibility index (Phi) is 6.65. The molecule has 1 aliphatic heterocycles. The Balaban J connectivity index is 2.06. The maximum Gasteiger partial charge on any atom is 0.526 e. The van der Waals surface area contributed by atoms with Gasteiger partial charge in [0.2, 0.25) is 6.79 Å². The highest BCUT2D eigenvalue weighted by Crippen LogP contribution is 2.36. The van der Waals surface area contributed by atoms with E-state index < -0.39 is 31.3 Å². The van der Waals surface area contributed by atoms with Crippen molar-refractivity contribution < 1.29 is 33.5 Å². The highest BCUT2D eigenvalue weighted by atomic mass is 16.7. The van der Waals surface area contributed by atoms with Gasteiger partial charge in [-0.15, -0.1) is 0 Å². The Morgan fingerprint density at radius 3 is 2.59 bits per heavy atom. The summed E-state index contributed by atoms with van der Waals surface area (Å²) >= 11 is 0. The average molecular weight is 376 g/mol. The van der Waals surface area contributed by atoms with Gasteiger partial charge in [-0.25, -0.2) is 4.79 Å². The van der Waals surface area contributed by atoms with Gasteiger partial charge in [-0.05, 0) is 38.8 Å². The summed E-state index contributed by atoms with van der Waals surface area (Å²) in [6, 6.07) is 4.97. The lowest BCUT2D eigenvalue weighted by Crippen LogP contribution is -2.36. The first kappa shape index (κ1) is 21.0. The summed E-state index contributed by atoms with van der Waals surface area (Å²) in [7, 11) is -1.18. The van der Waals surface area contributed by atoms with Gasteiger partial charge >= 0.3 is 19.1 Å². The molecule has 1 aromatic rings. The van der Waals surface area contributed by atoms with Crippen LogP contribution in [0, 0.1) is 5.41 Å². The van der Waals surface area contributed by atoms with E-state index in [4.69, 9.17) is 14.1 Å². The standard InChI is InChI=1S/C19H25BO7/c1-5-14(21)10-13-9-12-7-6-8-15(16(12)27-20(13)24)17(22)25-11-26-18(23)19(2,3)4/h6-8,13,24H,5,9-11H2,1-4H3/t13-/m1/s1. The molecule has 0 spiro atoms. The molecule has 1 atom stereocenters. The van der Waals surface area contributed by atoms with Crippen LogP contribution < -0.4 is 4.65 Å². The summed E-state index contributed by atoms with van der Waals surface area (Å²) in [6.07, 6.45) is 1.03. The lowest BCUT2D eigenvalue weighted by molar-refractivity contribution is -0.161. The maximum absolute atomic E-state index is 12.3. The van der Waals surface area contributed by atoms with Crippen molar-refractivity contribution in [3.8, 4) is 5.75 Å². The monoisotopic (exact) mass is 376 g/mol.